The van der Waals surface area contributed by atoms with Crippen LogP contribution in [0.3, 0.4) is 0 Å². The van der Waals surface area contributed by atoms with Crippen molar-refractivity contribution in [3.05, 3.63) is 46.3 Å². The molecule has 134 valence electrons. The number of nitrogens with zero attached hydrogens (tertiary/aromatic N) is 1. The standard InChI is InChI=1S/C15H13F2NO4S3/c1-24(19,20)12-4-3-11(8-18)13(6-12)15(16,17)7-10-5-14(23-9-10)25(2,21)22/h3-6,9H,7H2,1-2H3. The fourth-order valence-corrected chi connectivity index (χ4v) is 4.64. The van der Waals surface area contributed by atoms with Crippen molar-refractivity contribution in [3.8, 4) is 6.07 Å². The minimum Gasteiger partial charge on any atom is -0.224 e. The van der Waals surface area contributed by atoms with Crippen LogP contribution in [0.15, 0.2) is 38.8 Å². The van der Waals surface area contributed by atoms with Gasteiger partial charge < -0.3 is 0 Å². The summed E-state index contributed by atoms with van der Waals surface area (Å²) in [5, 5.41) is 10.3. The van der Waals surface area contributed by atoms with Crippen LogP contribution < -0.4 is 0 Å². The molecule has 0 unspecified atom stereocenters. The number of benzene rings is 1. The van der Waals surface area contributed by atoms with Gasteiger partial charge in [-0.2, -0.15) is 5.26 Å². The molecule has 0 aliphatic rings. The summed E-state index contributed by atoms with van der Waals surface area (Å²) in [5.74, 6) is -3.54. The zero-order valence-corrected chi connectivity index (χ0v) is 15.6. The van der Waals surface area contributed by atoms with E-state index in [0.717, 1.165) is 48.1 Å². The Hall–Kier alpha value is -1.83. The highest BCUT2D eigenvalue weighted by Crippen LogP contribution is 2.36. The number of rotatable bonds is 5. The lowest BCUT2D eigenvalue weighted by atomic mass is 9.98. The average Bonchev–Trinajstić information content (AvgIpc) is 2.93. The number of alkyl halides is 2. The van der Waals surface area contributed by atoms with E-state index in [0.29, 0.717) is 0 Å². The van der Waals surface area contributed by atoms with Crippen LogP contribution in [-0.4, -0.2) is 29.3 Å². The molecule has 0 spiro atoms. The smallest absolute Gasteiger partial charge is 0.224 e. The Labute approximate surface area is 148 Å². The van der Waals surface area contributed by atoms with Crippen LogP contribution in [0, 0.1) is 11.3 Å². The molecule has 0 aliphatic carbocycles. The minimum absolute atomic E-state index is 0.0382. The minimum atomic E-state index is -3.72. The molecule has 0 radical (unpaired) electrons. The number of halogens is 2. The van der Waals surface area contributed by atoms with Gasteiger partial charge in [0.25, 0.3) is 5.92 Å². The van der Waals surface area contributed by atoms with Gasteiger partial charge in [-0.15, -0.1) is 11.3 Å². The van der Waals surface area contributed by atoms with Gasteiger partial charge in [0.1, 0.15) is 4.21 Å². The Morgan fingerprint density at radius 2 is 1.76 bits per heavy atom. The number of thiophene rings is 1. The van der Waals surface area contributed by atoms with Crippen molar-refractivity contribution in [1.82, 2.24) is 0 Å². The van der Waals surface area contributed by atoms with Crippen LogP contribution in [-0.2, 0) is 32.0 Å². The summed E-state index contributed by atoms with van der Waals surface area (Å²) in [5.41, 5.74) is -0.954. The molecular formula is C15H13F2NO4S3. The number of nitriles is 1. The average molecular weight is 405 g/mol. The summed E-state index contributed by atoms with van der Waals surface area (Å²) < 4.78 is 75.4. The van der Waals surface area contributed by atoms with E-state index in [2.05, 4.69) is 0 Å². The summed E-state index contributed by atoms with van der Waals surface area (Å²) in [4.78, 5) is -0.316. The molecular weight excluding hydrogens is 392 g/mol. The maximum atomic E-state index is 14.7. The lowest BCUT2D eigenvalue weighted by Crippen LogP contribution is -2.19. The third-order valence-electron chi connectivity index (χ3n) is 3.35. The molecule has 0 atom stereocenters. The first-order valence-electron chi connectivity index (χ1n) is 6.74. The number of hydrogen-bond acceptors (Lipinski definition) is 6. The number of sulfone groups is 2. The van der Waals surface area contributed by atoms with Crippen molar-refractivity contribution < 1.29 is 25.6 Å². The van der Waals surface area contributed by atoms with Crippen LogP contribution in [0.1, 0.15) is 16.7 Å². The first-order chi connectivity index (χ1) is 11.3. The Bertz CT molecular complexity index is 1060. The van der Waals surface area contributed by atoms with Gasteiger partial charge in [0.2, 0.25) is 0 Å². The molecule has 2 aromatic rings. The maximum Gasteiger partial charge on any atom is 0.278 e. The highest BCUT2D eigenvalue weighted by atomic mass is 32.2. The second kappa shape index (κ2) is 6.48. The molecule has 25 heavy (non-hydrogen) atoms. The molecule has 5 nitrogen and oxygen atoms in total. The van der Waals surface area contributed by atoms with Gasteiger partial charge in [0, 0.05) is 24.5 Å². The van der Waals surface area contributed by atoms with E-state index in [4.69, 9.17) is 5.26 Å². The molecule has 0 saturated carbocycles. The van der Waals surface area contributed by atoms with Crippen molar-refractivity contribution in [3.63, 3.8) is 0 Å². The van der Waals surface area contributed by atoms with E-state index in [9.17, 15) is 25.6 Å². The first-order valence-corrected chi connectivity index (χ1v) is 11.4. The second-order valence-electron chi connectivity index (χ2n) is 5.52. The molecule has 0 bridgehead atoms. The largest absolute Gasteiger partial charge is 0.278 e. The van der Waals surface area contributed by atoms with Gasteiger partial charge in [0.05, 0.1) is 16.5 Å². The lowest BCUT2D eigenvalue weighted by Gasteiger charge is -2.18. The molecule has 0 amide bonds. The fraction of sp³-hybridized carbons (Fsp3) is 0.267. The van der Waals surface area contributed by atoms with E-state index >= 15 is 0 Å². The summed E-state index contributed by atoms with van der Waals surface area (Å²) >= 11 is 0.828. The molecule has 1 heterocycles. The molecule has 10 heteroatoms. The molecule has 0 aliphatic heterocycles. The van der Waals surface area contributed by atoms with Gasteiger partial charge >= 0.3 is 0 Å². The number of hydrogen-bond donors (Lipinski definition) is 0. The third-order valence-corrected chi connectivity index (χ3v) is 7.28. The van der Waals surface area contributed by atoms with Crippen LogP contribution >= 0.6 is 11.3 Å². The second-order valence-corrected chi connectivity index (χ2v) is 10.7. The summed E-state index contributed by atoms with van der Waals surface area (Å²) in [6, 6.07) is 5.70. The van der Waals surface area contributed by atoms with Gasteiger partial charge in [-0.05, 0) is 35.2 Å². The summed E-state index contributed by atoms with van der Waals surface area (Å²) in [6.45, 7) is 0. The van der Waals surface area contributed by atoms with E-state index in [-0.39, 0.29) is 20.2 Å². The predicted octanol–water partition coefficient (Wildman–Crippen LogP) is 2.76. The van der Waals surface area contributed by atoms with E-state index < -0.39 is 37.6 Å². The zero-order chi connectivity index (χ0) is 19.0. The lowest BCUT2D eigenvalue weighted by molar-refractivity contribution is -0.00423. The molecule has 0 saturated heterocycles. The molecule has 1 aromatic heterocycles. The van der Waals surface area contributed by atoms with Gasteiger partial charge in [-0.3, -0.25) is 0 Å². The molecule has 1 aromatic carbocycles. The van der Waals surface area contributed by atoms with Crippen molar-refractivity contribution in [2.45, 2.75) is 21.4 Å². The SMILES string of the molecule is CS(=O)(=O)c1ccc(C#N)c(C(F)(F)Cc2csc(S(C)(=O)=O)c2)c1. The molecule has 2 rings (SSSR count). The molecule has 0 N–H and O–H groups in total. The van der Waals surface area contributed by atoms with Gasteiger partial charge in [0.15, 0.2) is 19.7 Å². The van der Waals surface area contributed by atoms with Gasteiger partial charge in [-0.1, -0.05) is 0 Å². The van der Waals surface area contributed by atoms with Crippen LogP contribution in [0.4, 0.5) is 8.78 Å². The van der Waals surface area contributed by atoms with Crippen molar-refractivity contribution in [2.75, 3.05) is 12.5 Å². The van der Waals surface area contributed by atoms with Crippen LogP contribution in [0.5, 0.6) is 0 Å². The highest BCUT2D eigenvalue weighted by molar-refractivity contribution is 7.92. The van der Waals surface area contributed by atoms with Crippen LogP contribution in [0.2, 0.25) is 0 Å². The van der Waals surface area contributed by atoms with E-state index in [1.165, 1.54) is 5.38 Å². The Kier molecular flexibility index (Phi) is 5.05. The normalized spacial score (nSPS) is 12.8. The van der Waals surface area contributed by atoms with Crippen LogP contribution in [0.25, 0.3) is 0 Å². The maximum absolute atomic E-state index is 14.7. The summed E-state index contributed by atoms with van der Waals surface area (Å²) in [7, 11) is -7.22. The van der Waals surface area contributed by atoms with Crippen molar-refractivity contribution in [2.24, 2.45) is 0 Å². The Morgan fingerprint density at radius 3 is 2.24 bits per heavy atom. The van der Waals surface area contributed by atoms with Gasteiger partial charge in [-0.25, -0.2) is 25.6 Å². The summed E-state index contributed by atoms with van der Waals surface area (Å²) in [6.07, 6.45) is 1.01. The fourth-order valence-electron chi connectivity index (χ4n) is 2.15. The van der Waals surface area contributed by atoms with Crippen molar-refractivity contribution >= 4 is 31.0 Å². The molecule has 0 fully saturated rings. The van der Waals surface area contributed by atoms with E-state index in [1.54, 1.807) is 6.07 Å². The highest BCUT2D eigenvalue weighted by Gasteiger charge is 2.36. The quantitative estimate of drug-likeness (QED) is 0.763. The van der Waals surface area contributed by atoms with E-state index in [1.807, 2.05) is 0 Å². The topological polar surface area (TPSA) is 92.1 Å². The Morgan fingerprint density at radius 1 is 1.12 bits per heavy atom. The predicted molar refractivity (Wildman–Crippen MR) is 89.3 cm³/mol. The monoisotopic (exact) mass is 405 g/mol. The zero-order valence-electron chi connectivity index (χ0n) is 13.2. The third kappa shape index (κ3) is 4.42. The van der Waals surface area contributed by atoms with Crippen molar-refractivity contribution in [1.29, 1.82) is 5.26 Å². The first kappa shape index (κ1) is 19.5. The Balaban J connectivity index is 2.49.